The van der Waals surface area contributed by atoms with Crippen LogP contribution in [0.3, 0.4) is 0 Å². The van der Waals surface area contributed by atoms with Crippen LogP contribution in [0.5, 0.6) is 5.75 Å². The molecule has 9 nitrogen and oxygen atoms in total. The van der Waals surface area contributed by atoms with Gasteiger partial charge in [-0.2, -0.15) is 0 Å². The van der Waals surface area contributed by atoms with Crippen molar-refractivity contribution < 1.29 is 24.4 Å². The number of aromatic amines is 1. The van der Waals surface area contributed by atoms with E-state index in [0.29, 0.717) is 22.8 Å². The van der Waals surface area contributed by atoms with Crippen molar-refractivity contribution in [1.29, 1.82) is 0 Å². The molecule has 1 aliphatic rings. The van der Waals surface area contributed by atoms with E-state index in [2.05, 4.69) is 4.98 Å². The number of nitro groups is 1. The number of benzene rings is 3. The van der Waals surface area contributed by atoms with Gasteiger partial charge in [0.25, 0.3) is 17.4 Å². The zero-order chi connectivity index (χ0) is 27.0. The molecule has 1 aliphatic heterocycles. The highest BCUT2D eigenvalue weighted by Gasteiger charge is 2.46. The van der Waals surface area contributed by atoms with Crippen molar-refractivity contribution >= 4 is 45.6 Å². The molecule has 0 bridgehead atoms. The first-order valence-electron chi connectivity index (χ1n) is 11.7. The smallest absolute Gasteiger partial charge is 0.295 e. The Labute approximate surface area is 222 Å². The predicted molar refractivity (Wildman–Crippen MR) is 142 cm³/mol. The van der Waals surface area contributed by atoms with Crippen molar-refractivity contribution in [3.8, 4) is 5.75 Å². The van der Waals surface area contributed by atoms with Crippen LogP contribution in [0.2, 0.25) is 5.02 Å². The molecule has 192 valence electrons. The number of halogens is 1. The number of nitrogens with zero attached hydrogens (tertiary/aromatic N) is 2. The van der Waals surface area contributed by atoms with Gasteiger partial charge >= 0.3 is 0 Å². The monoisotopic (exact) mass is 531 g/mol. The number of nitro benzene ring substituents is 1. The van der Waals surface area contributed by atoms with Crippen LogP contribution in [0.15, 0.2) is 78.5 Å². The fourth-order valence-corrected chi connectivity index (χ4v) is 4.88. The van der Waals surface area contributed by atoms with Crippen molar-refractivity contribution in [1.82, 2.24) is 9.88 Å². The number of ketones is 1. The lowest BCUT2D eigenvalue weighted by Crippen LogP contribution is -2.31. The lowest BCUT2D eigenvalue weighted by atomic mass is 9.95. The second-order valence-electron chi connectivity index (χ2n) is 8.83. The number of non-ortho nitro benzene ring substituents is 1. The second kappa shape index (κ2) is 10.0. The molecule has 5 rings (SSSR count). The van der Waals surface area contributed by atoms with E-state index in [1.165, 1.54) is 29.2 Å². The van der Waals surface area contributed by atoms with Crippen molar-refractivity contribution in [2.75, 3.05) is 13.7 Å². The van der Waals surface area contributed by atoms with Gasteiger partial charge in [0.15, 0.2) is 0 Å². The summed E-state index contributed by atoms with van der Waals surface area (Å²) in [6, 6.07) is 16.7. The molecule has 1 unspecified atom stereocenters. The highest BCUT2D eigenvalue weighted by Crippen LogP contribution is 2.40. The molecule has 10 heteroatoms. The number of Topliss-reactive ketones (excluding diaryl/α,β-unsaturated/α-hetero) is 1. The Morgan fingerprint density at radius 2 is 1.89 bits per heavy atom. The van der Waals surface area contributed by atoms with Crippen LogP contribution in [0.1, 0.15) is 22.7 Å². The van der Waals surface area contributed by atoms with Gasteiger partial charge in [-0.3, -0.25) is 19.7 Å². The minimum atomic E-state index is -0.911. The van der Waals surface area contributed by atoms with Crippen LogP contribution in [-0.2, 0) is 16.0 Å². The summed E-state index contributed by atoms with van der Waals surface area (Å²) in [6.45, 7) is 0.174. The number of nitrogens with one attached hydrogen (secondary N) is 1. The number of H-pyrrole nitrogens is 1. The molecule has 0 saturated carbocycles. The molecule has 1 saturated heterocycles. The van der Waals surface area contributed by atoms with Crippen LogP contribution >= 0.6 is 11.6 Å². The van der Waals surface area contributed by atoms with E-state index in [1.807, 2.05) is 24.4 Å². The van der Waals surface area contributed by atoms with Crippen LogP contribution in [0, 0.1) is 10.1 Å². The number of hydrogen-bond acceptors (Lipinski definition) is 6. The van der Waals surface area contributed by atoms with E-state index in [9.17, 15) is 24.8 Å². The molecule has 4 aromatic rings. The minimum absolute atomic E-state index is 0.0693. The van der Waals surface area contributed by atoms with E-state index in [1.54, 1.807) is 31.4 Å². The number of ether oxygens (including phenoxy) is 1. The number of methoxy groups -OCH3 is 1. The van der Waals surface area contributed by atoms with Crippen molar-refractivity contribution in [3.05, 3.63) is 110 Å². The Kier molecular flexibility index (Phi) is 6.61. The quantitative estimate of drug-likeness (QED) is 0.108. The minimum Gasteiger partial charge on any atom is -0.507 e. The Morgan fingerprint density at radius 3 is 2.61 bits per heavy atom. The molecule has 2 heterocycles. The summed E-state index contributed by atoms with van der Waals surface area (Å²) in [5.74, 6) is -1.42. The molecule has 0 radical (unpaired) electrons. The average molecular weight is 532 g/mol. The maximum atomic E-state index is 13.3. The van der Waals surface area contributed by atoms with Gasteiger partial charge in [0.05, 0.1) is 23.6 Å². The van der Waals surface area contributed by atoms with Gasteiger partial charge in [-0.15, -0.1) is 0 Å². The third-order valence-corrected chi connectivity index (χ3v) is 6.90. The molecule has 38 heavy (non-hydrogen) atoms. The zero-order valence-electron chi connectivity index (χ0n) is 20.2. The van der Waals surface area contributed by atoms with Crippen LogP contribution in [-0.4, -0.2) is 45.3 Å². The molecule has 0 aliphatic carbocycles. The maximum absolute atomic E-state index is 13.3. The van der Waals surface area contributed by atoms with Crippen LogP contribution in [0.25, 0.3) is 16.7 Å². The van der Waals surface area contributed by atoms with E-state index >= 15 is 0 Å². The van der Waals surface area contributed by atoms with Gasteiger partial charge in [-0.1, -0.05) is 35.9 Å². The molecule has 1 fully saturated rings. The lowest BCUT2D eigenvalue weighted by Gasteiger charge is -2.25. The first-order valence-corrected chi connectivity index (χ1v) is 12.1. The van der Waals surface area contributed by atoms with Gasteiger partial charge < -0.3 is 19.7 Å². The number of rotatable bonds is 7. The Hall–Kier alpha value is -4.63. The molecule has 2 N–H and O–H groups in total. The first-order chi connectivity index (χ1) is 18.3. The third-order valence-electron chi connectivity index (χ3n) is 6.65. The summed E-state index contributed by atoms with van der Waals surface area (Å²) in [5, 5.41) is 23.9. The third kappa shape index (κ3) is 4.48. The number of aromatic nitrogens is 1. The number of aliphatic hydroxyl groups is 1. The standard InChI is InChI=1S/C28H22ClN3O6/c1-38-21-9-10-23-22(14-21)18(15-30-23)11-12-31-25(16-5-7-19(29)8-6-16)24(27(34)28(31)35)26(33)17-3-2-4-20(13-17)32(36)37/h2-10,13-15,25,30,33H,11-12H2,1H3/b26-24-. The number of carbonyl (C=O) groups is 2. The first kappa shape index (κ1) is 25.0. The average Bonchev–Trinajstić information content (AvgIpc) is 3.44. The van der Waals surface area contributed by atoms with Gasteiger partial charge in [-0.05, 0) is 47.9 Å². The number of carbonyl (C=O) groups excluding carboxylic acids is 2. The number of fused-ring (bicyclic) bond motifs is 1. The van der Waals surface area contributed by atoms with Gasteiger partial charge in [0.2, 0.25) is 0 Å². The van der Waals surface area contributed by atoms with Crippen LogP contribution < -0.4 is 4.74 Å². The topological polar surface area (TPSA) is 126 Å². The molecule has 1 amide bonds. The lowest BCUT2D eigenvalue weighted by molar-refractivity contribution is -0.384. The number of hydrogen-bond donors (Lipinski definition) is 2. The largest absolute Gasteiger partial charge is 0.507 e. The summed E-state index contributed by atoms with van der Waals surface area (Å²) in [4.78, 5) is 41.8. The van der Waals surface area contributed by atoms with Crippen molar-refractivity contribution in [2.45, 2.75) is 12.5 Å². The van der Waals surface area contributed by atoms with E-state index < -0.39 is 28.4 Å². The Bertz CT molecular complexity index is 1610. The molecular formula is C28H22ClN3O6. The Morgan fingerprint density at radius 1 is 1.13 bits per heavy atom. The fourth-order valence-electron chi connectivity index (χ4n) is 4.76. The molecular weight excluding hydrogens is 510 g/mol. The van der Waals surface area contributed by atoms with E-state index in [4.69, 9.17) is 16.3 Å². The van der Waals surface area contributed by atoms with Crippen LogP contribution in [0.4, 0.5) is 5.69 Å². The SMILES string of the molecule is COc1ccc2[nH]cc(CCN3C(=O)C(=O)/C(=C(\O)c4cccc([N+](=O)[O-])c4)C3c3ccc(Cl)cc3)c2c1. The Balaban J connectivity index is 1.56. The molecule has 3 aromatic carbocycles. The zero-order valence-corrected chi connectivity index (χ0v) is 20.9. The highest BCUT2D eigenvalue weighted by molar-refractivity contribution is 6.46. The summed E-state index contributed by atoms with van der Waals surface area (Å²) in [5.41, 5.74) is 2.08. The molecule has 1 aromatic heterocycles. The van der Waals surface area contributed by atoms with Gasteiger partial charge in [0.1, 0.15) is 11.5 Å². The number of amides is 1. The summed E-state index contributed by atoms with van der Waals surface area (Å²) < 4.78 is 5.34. The normalized spacial score (nSPS) is 16.8. The summed E-state index contributed by atoms with van der Waals surface area (Å²) >= 11 is 6.08. The maximum Gasteiger partial charge on any atom is 0.295 e. The van der Waals surface area contributed by atoms with Gasteiger partial charge in [0, 0.05) is 46.4 Å². The number of likely N-dealkylation sites (tertiary alicyclic amines) is 1. The van der Waals surface area contributed by atoms with Crippen molar-refractivity contribution in [2.24, 2.45) is 0 Å². The summed E-state index contributed by atoms with van der Waals surface area (Å²) in [7, 11) is 1.58. The molecule has 0 spiro atoms. The second-order valence-corrected chi connectivity index (χ2v) is 9.26. The van der Waals surface area contributed by atoms with E-state index in [-0.39, 0.29) is 23.4 Å². The summed E-state index contributed by atoms with van der Waals surface area (Å²) in [6.07, 6.45) is 2.27. The van der Waals surface area contributed by atoms with Gasteiger partial charge in [-0.25, -0.2) is 0 Å². The highest BCUT2D eigenvalue weighted by atomic mass is 35.5. The number of aliphatic hydroxyl groups excluding tert-OH is 1. The van der Waals surface area contributed by atoms with E-state index in [0.717, 1.165) is 16.5 Å². The van der Waals surface area contributed by atoms with Crippen molar-refractivity contribution in [3.63, 3.8) is 0 Å². The molecule has 1 atom stereocenters. The fraction of sp³-hybridized carbons (Fsp3) is 0.143. The predicted octanol–water partition coefficient (Wildman–Crippen LogP) is 5.40.